The van der Waals surface area contributed by atoms with Crippen LogP contribution >= 0.6 is 0 Å². The second-order valence-electron chi connectivity index (χ2n) is 7.49. The molecule has 2 atom stereocenters. The highest BCUT2D eigenvalue weighted by Gasteiger charge is 2.44. The molecule has 1 aromatic heterocycles. The van der Waals surface area contributed by atoms with E-state index in [2.05, 4.69) is 34.8 Å². The first-order valence-corrected chi connectivity index (χ1v) is 9.27. The Morgan fingerprint density at radius 3 is 2.64 bits per heavy atom. The Kier molecular flexibility index (Phi) is 4.34. The number of amides is 1. The van der Waals surface area contributed by atoms with Crippen molar-refractivity contribution in [2.24, 2.45) is 11.8 Å². The zero-order valence-electron chi connectivity index (χ0n) is 15.0. The van der Waals surface area contributed by atoms with Gasteiger partial charge in [-0.2, -0.15) is 5.10 Å². The van der Waals surface area contributed by atoms with E-state index in [1.165, 1.54) is 18.4 Å². The Bertz CT molecular complexity index is 759. The van der Waals surface area contributed by atoms with Crippen molar-refractivity contribution in [2.75, 3.05) is 13.1 Å². The molecule has 1 amide bonds. The van der Waals surface area contributed by atoms with Crippen molar-refractivity contribution in [1.82, 2.24) is 20.4 Å². The van der Waals surface area contributed by atoms with E-state index in [4.69, 9.17) is 0 Å². The predicted octanol–water partition coefficient (Wildman–Crippen LogP) is 2.61. The number of nitrogens with zero attached hydrogens (tertiary/aromatic N) is 2. The Balaban J connectivity index is 1.41. The molecule has 0 bridgehead atoms. The highest BCUT2D eigenvalue weighted by atomic mass is 16.2. The lowest BCUT2D eigenvalue weighted by atomic mass is 9.93. The SMILES string of the molecule is Cc1ccc(-n2nc(C(=O)N[C@@H]3C[C@H]3C3CCNCC3)cc2C)cc1. The van der Waals surface area contributed by atoms with Gasteiger partial charge in [-0.05, 0) is 76.2 Å². The lowest BCUT2D eigenvalue weighted by molar-refractivity contribution is 0.0941. The number of carbonyl (C=O) groups excluding carboxylic acids is 1. The molecule has 5 heteroatoms. The third-order valence-electron chi connectivity index (χ3n) is 5.54. The van der Waals surface area contributed by atoms with Gasteiger partial charge in [-0.1, -0.05) is 17.7 Å². The molecule has 1 saturated carbocycles. The van der Waals surface area contributed by atoms with Crippen LogP contribution in [-0.4, -0.2) is 34.8 Å². The molecule has 0 unspecified atom stereocenters. The lowest BCUT2D eigenvalue weighted by Crippen LogP contribution is -2.32. The molecule has 2 heterocycles. The van der Waals surface area contributed by atoms with E-state index >= 15 is 0 Å². The van der Waals surface area contributed by atoms with Gasteiger partial charge in [-0.3, -0.25) is 4.79 Å². The smallest absolute Gasteiger partial charge is 0.272 e. The molecular weight excluding hydrogens is 312 g/mol. The van der Waals surface area contributed by atoms with Gasteiger partial charge in [-0.15, -0.1) is 0 Å². The molecule has 1 aromatic carbocycles. The number of aromatic nitrogens is 2. The molecule has 1 aliphatic heterocycles. The number of carbonyl (C=O) groups is 1. The predicted molar refractivity (Wildman–Crippen MR) is 98.0 cm³/mol. The number of hydrogen-bond acceptors (Lipinski definition) is 3. The van der Waals surface area contributed by atoms with Crippen LogP contribution in [0.1, 0.15) is 41.0 Å². The average molecular weight is 338 g/mol. The van der Waals surface area contributed by atoms with E-state index in [0.717, 1.165) is 36.8 Å². The Morgan fingerprint density at radius 2 is 1.92 bits per heavy atom. The van der Waals surface area contributed by atoms with Crippen LogP contribution in [0.3, 0.4) is 0 Å². The van der Waals surface area contributed by atoms with Crippen molar-refractivity contribution in [3.8, 4) is 5.69 Å². The standard InChI is InChI=1S/C20H26N4O/c1-13-3-5-16(6-4-13)24-14(2)11-19(23-24)20(25)22-18-12-17(18)15-7-9-21-10-8-15/h3-6,11,15,17-18,21H,7-10,12H2,1-2H3,(H,22,25)/t17-,18+/m0/s1. The minimum Gasteiger partial charge on any atom is -0.348 e. The average Bonchev–Trinajstić information content (AvgIpc) is 3.28. The molecule has 0 radical (unpaired) electrons. The van der Waals surface area contributed by atoms with Gasteiger partial charge in [0.25, 0.3) is 5.91 Å². The third-order valence-corrected chi connectivity index (χ3v) is 5.54. The minimum absolute atomic E-state index is 0.0459. The summed E-state index contributed by atoms with van der Waals surface area (Å²) in [5.41, 5.74) is 3.68. The maximum absolute atomic E-state index is 12.6. The van der Waals surface area contributed by atoms with Crippen molar-refractivity contribution in [1.29, 1.82) is 0 Å². The lowest BCUT2D eigenvalue weighted by Gasteiger charge is -2.22. The van der Waals surface area contributed by atoms with Gasteiger partial charge in [0, 0.05) is 11.7 Å². The molecule has 0 spiro atoms. The number of nitrogens with one attached hydrogen (secondary N) is 2. The molecular formula is C20H26N4O. The Morgan fingerprint density at radius 1 is 1.20 bits per heavy atom. The highest BCUT2D eigenvalue weighted by molar-refractivity contribution is 5.92. The highest BCUT2D eigenvalue weighted by Crippen LogP contribution is 2.41. The summed E-state index contributed by atoms with van der Waals surface area (Å²) in [6.45, 7) is 6.27. The molecule has 25 heavy (non-hydrogen) atoms. The molecule has 1 saturated heterocycles. The summed E-state index contributed by atoms with van der Waals surface area (Å²) < 4.78 is 1.84. The van der Waals surface area contributed by atoms with Crippen LogP contribution in [0.4, 0.5) is 0 Å². The fraction of sp³-hybridized carbons (Fsp3) is 0.500. The summed E-state index contributed by atoms with van der Waals surface area (Å²) in [5.74, 6) is 1.38. The summed E-state index contributed by atoms with van der Waals surface area (Å²) in [6, 6.07) is 10.4. The van der Waals surface area contributed by atoms with Gasteiger partial charge in [0.05, 0.1) is 5.69 Å². The van der Waals surface area contributed by atoms with Crippen molar-refractivity contribution in [2.45, 2.75) is 39.2 Å². The first-order valence-electron chi connectivity index (χ1n) is 9.27. The van der Waals surface area contributed by atoms with Gasteiger partial charge in [-0.25, -0.2) is 4.68 Å². The van der Waals surface area contributed by atoms with E-state index in [1.54, 1.807) is 0 Å². The third kappa shape index (κ3) is 3.47. The number of piperidine rings is 1. The van der Waals surface area contributed by atoms with Crippen LogP contribution in [0, 0.1) is 25.7 Å². The maximum atomic E-state index is 12.6. The molecule has 132 valence electrons. The van der Waals surface area contributed by atoms with Crippen molar-refractivity contribution in [3.63, 3.8) is 0 Å². The molecule has 4 rings (SSSR count). The molecule has 2 aromatic rings. The first-order chi connectivity index (χ1) is 12.1. The largest absolute Gasteiger partial charge is 0.348 e. The monoisotopic (exact) mass is 338 g/mol. The fourth-order valence-electron chi connectivity index (χ4n) is 3.95. The van der Waals surface area contributed by atoms with Crippen LogP contribution in [0.2, 0.25) is 0 Å². The molecule has 1 aliphatic carbocycles. The summed E-state index contributed by atoms with van der Waals surface area (Å²) in [4.78, 5) is 12.6. The Hall–Kier alpha value is -2.14. The normalized spacial score (nSPS) is 23.4. The second-order valence-corrected chi connectivity index (χ2v) is 7.49. The van der Waals surface area contributed by atoms with E-state index in [-0.39, 0.29) is 5.91 Å². The minimum atomic E-state index is -0.0459. The van der Waals surface area contributed by atoms with Gasteiger partial charge < -0.3 is 10.6 Å². The van der Waals surface area contributed by atoms with Crippen molar-refractivity contribution >= 4 is 5.91 Å². The van der Waals surface area contributed by atoms with Crippen LogP contribution in [-0.2, 0) is 0 Å². The maximum Gasteiger partial charge on any atom is 0.272 e. The topological polar surface area (TPSA) is 59.0 Å². The Labute approximate surface area is 148 Å². The van der Waals surface area contributed by atoms with E-state index in [0.29, 0.717) is 17.7 Å². The van der Waals surface area contributed by atoms with Crippen LogP contribution < -0.4 is 10.6 Å². The molecule has 5 nitrogen and oxygen atoms in total. The van der Waals surface area contributed by atoms with Crippen molar-refractivity contribution < 1.29 is 4.79 Å². The summed E-state index contributed by atoms with van der Waals surface area (Å²) >= 11 is 0. The van der Waals surface area contributed by atoms with Gasteiger partial charge in [0.2, 0.25) is 0 Å². The van der Waals surface area contributed by atoms with Gasteiger partial charge in [0.1, 0.15) is 0 Å². The zero-order valence-corrected chi connectivity index (χ0v) is 15.0. The number of hydrogen-bond donors (Lipinski definition) is 2. The fourth-order valence-corrected chi connectivity index (χ4v) is 3.95. The number of rotatable bonds is 4. The first kappa shape index (κ1) is 16.3. The molecule has 2 aliphatic rings. The van der Waals surface area contributed by atoms with E-state index < -0.39 is 0 Å². The van der Waals surface area contributed by atoms with E-state index in [1.807, 2.05) is 29.8 Å². The number of aryl methyl sites for hydroxylation is 2. The van der Waals surface area contributed by atoms with Gasteiger partial charge >= 0.3 is 0 Å². The molecule has 2 N–H and O–H groups in total. The van der Waals surface area contributed by atoms with Crippen LogP contribution in [0.15, 0.2) is 30.3 Å². The van der Waals surface area contributed by atoms with E-state index in [9.17, 15) is 4.79 Å². The number of benzene rings is 1. The quantitative estimate of drug-likeness (QED) is 0.901. The molecule has 2 fully saturated rings. The van der Waals surface area contributed by atoms with Gasteiger partial charge in [0.15, 0.2) is 5.69 Å². The summed E-state index contributed by atoms with van der Waals surface area (Å²) in [7, 11) is 0. The van der Waals surface area contributed by atoms with Crippen LogP contribution in [0.5, 0.6) is 0 Å². The second kappa shape index (κ2) is 6.64. The van der Waals surface area contributed by atoms with Crippen LogP contribution in [0.25, 0.3) is 5.69 Å². The van der Waals surface area contributed by atoms with Crippen molar-refractivity contribution in [3.05, 3.63) is 47.3 Å². The summed E-state index contributed by atoms with van der Waals surface area (Å²) in [6.07, 6.45) is 3.59. The zero-order chi connectivity index (χ0) is 17.4. The summed E-state index contributed by atoms with van der Waals surface area (Å²) in [5, 5.41) is 11.1.